The highest BCUT2D eigenvalue weighted by atomic mass is 32.2. The van der Waals surface area contributed by atoms with Gasteiger partial charge in [-0.2, -0.15) is 0 Å². The van der Waals surface area contributed by atoms with Crippen LogP contribution in [-0.4, -0.2) is 56.1 Å². The number of amides is 1. The molecule has 2 fully saturated rings. The number of carbonyl (C=O) groups excluding carboxylic acids is 1. The van der Waals surface area contributed by atoms with Gasteiger partial charge in [-0.25, -0.2) is 0 Å². The van der Waals surface area contributed by atoms with Crippen molar-refractivity contribution in [1.82, 2.24) is 5.32 Å². The van der Waals surface area contributed by atoms with Gasteiger partial charge in [-0.15, -0.1) is 47.0 Å². The first-order chi connectivity index (χ1) is 15.0. The summed E-state index contributed by atoms with van der Waals surface area (Å²) in [7, 11) is 0. The predicted octanol–water partition coefficient (Wildman–Crippen LogP) is 6.12. The molecule has 1 aliphatic carbocycles. The molecule has 4 nitrogen and oxygen atoms in total. The van der Waals surface area contributed by atoms with Crippen molar-refractivity contribution in [3.8, 4) is 0 Å². The van der Waals surface area contributed by atoms with Gasteiger partial charge < -0.3 is 14.8 Å². The molecule has 1 atom stereocenters. The van der Waals surface area contributed by atoms with E-state index in [0.717, 1.165) is 67.2 Å². The zero-order valence-corrected chi connectivity index (χ0v) is 22.8. The minimum absolute atomic E-state index is 0.198. The minimum Gasteiger partial charge on any atom is -0.347 e. The Morgan fingerprint density at radius 1 is 0.903 bits per heavy atom. The van der Waals surface area contributed by atoms with E-state index in [1.165, 1.54) is 0 Å². The maximum Gasteiger partial charge on any atom is 0.252 e. The molecule has 31 heavy (non-hydrogen) atoms. The Bertz CT molecular complexity index is 620. The standard InChI is InChI=1S/C23H39NO3S4/c1-5-13-28-22(29-14-6-2)18-17-21(26-11-12-27-21)10-9-19(18)24-20(25)23(22,30-15-7-3)31-16-8-4/h9,18H,5-8,10-17H2,1-4H3,(H,24,25). The molecule has 0 aromatic rings. The van der Waals surface area contributed by atoms with Gasteiger partial charge >= 0.3 is 0 Å². The van der Waals surface area contributed by atoms with E-state index in [1.807, 2.05) is 47.0 Å². The van der Waals surface area contributed by atoms with E-state index >= 15 is 0 Å². The van der Waals surface area contributed by atoms with Crippen LogP contribution in [0.1, 0.15) is 66.2 Å². The summed E-state index contributed by atoms with van der Waals surface area (Å²) in [4.78, 5) is 14.0. The molecule has 1 spiro atoms. The Kier molecular flexibility index (Phi) is 9.94. The number of piperidine rings is 1. The fourth-order valence-corrected chi connectivity index (χ4v) is 12.0. The van der Waals surface area contributed by atoms with Crippen LogP contribution in [-0.2, 0) is 14.3 Å². The largest absolute Gasteiger partial charge is 0.347 e. The second-order valence-corrected chi connectivity index (χ2v) is 14.2. The molecule has 1 amide bonds. The van der Waals surface area contributed by atoms with Gasteiger partial charge in [0.1, 0.15) is 4.08 Å². The molecular formula is C23H39NO3S4. The SMILES string of the molecule is CCCSC1(SCCC)C(=O)NC2=CCC3(CC2C1(SCCC)SCCC)OCCO3. The monoisotopic (exact) mass is 505 g/mol. The second kappa shape index (κ2) is 11.8. The number of rotatable bonds is 12. The minimum atomic E-state index is -0.516. The third-order valence-electron chi connectivity index (χ3n) is 5.87. The van der Waals surface area contributed by atoms with Crippen LogP contribution in [0.15, 0.2) is 11.8 Å². The van der Waals surface area contributed by atoms with E-state index in [4.69, 9.17) is 9.47 Å². The average molecular weight is 506 g/mol. The van der Waals surface area contributed by atoms with E-state index < -0.39 is 9.87 Å². The number of hydrogen-bond donors (Lipinski definition) is 1. The molecule has 0 aromatic carbocycles. The number of carbonyl (C=O) groups is 1. The first-order valence-corrected chi connectivity index (χ1v) is 15.8. The molecule has 0 aromatic heterocycles. The van der Waals surface area contributed by atoms with E-state index in [-0.39, 0.29) is 15.9 Å². The highest BCUT2D eigenvalue weighted by molar-refractivity contribution is 8.26. The summed E-state index contributed by atoms with van der Waals surface area (Å²) in [5, 5.41) is 3.38. The molecule has 2 heterocycles. The Morgan fingerprint density at radius 3 is 1.94 bits per heavy atom. The smallest absolute Gasteiger partial charge is 0.252 e. The number of nitrogens with one attached hydrogen (secondary N) is 1. The summed E-state index contributed by atoms with van der Waals surface area (Å²) < 4.78 is 11.6. The van der Waals surface area contributed by atoms with Gasteiger partial charge in [0.2, 0.25) is 0 Å². The number of hydrogen-bond acceptors (Lipinski definition) is 7. The lowest BCUT2D eigenvalue weighted by Gasteiger charge is -2.57. The van der Waals surface area contributed by atoms with Crippen molar-refractivity contribution >= 4 is 53.0 Å². The van der Waals surface area contributed by atoms with E-state index in [2.05, 4.69) is 39.1 Å². The molecule has 2 aliphatic heterocycles. The van der Waals surface area contributed by atoms with Crippen molar-refractivity contribution in [2.24, 2.45) is 5.92 Å². The van der Waals surface area contributed by atoms with E-state index in [0.29, 0.717) is 13.2 Å². The van der Waals surface area contributed by atoms with Crippen molar-refractivity contribution < 1.29 is 14.3 Å². The molecule has 0 bridgehead atoms. The van der Waals surface area contributed by atoms with E-state index in [9.17, 15) is 4.79 Å². The highest BCUT2D eigenvalue weighted by Crippen LogP contribution is 2.66. The molecule has 1 N–H and O–H groups in total. The predicted molar refractivity (Wildman–Crippen MR) is 140 cm³/mol. The van der Waals surface area contributed by atoms with Crippen molar-refractivity contribution in [3.63, 3.8) is 0 Å². The Balaban J connectivity index is 2.12. The molecular weight excluding hydrogens is 467 g/mol. The molecule has 3 aliphatic rings. The number of thioether (sulfide) groups is 4. The molecule has 178 valence electrons. The third-order valence-corrected chi connectivity index (χ3v) is 14.1. The summed E-state index contributed by atoms with van der Waals surface area (Å²) in [6, 6.07) is 0. The summed E-state index contributed by atoms with van der Waals surface area (Å²) in [5.74, 6) is 4.00. The molecule has 8 heteroatoms. The highest BCUT2D eigenvalue weighted by Gasteiger charge is 2.67. The van der Waals surface area contributed by atoms with Crippen molar-refractivity contribution in [2.75, 3.05) is 36.2 Å². The van der Waals surface area contributed by atoms with Crippen LogP contribution in [0.2, 0.25) is 0 Å². The normalized spacial score (nSPS) is 25.9. The van der Waals surface area contributed by atoms with Crippen LogP contribution in [0.5, 0.6) is 0 Å². The van der Waals surface area contributed by atoms with Crippen LogP contribution in [0.3, 0.4) is 0 Å². The zero-order chi connectivity index (χ0) is 22.4. The van der Waals surface area contributed by atoms with Crippen LogP contribution >= 0.6 is 47.0 Å². The van der Waals surface area contributed by atoms with Gasteiger partial charge in [0.15, 0.2) is 9.87 Å². The van der Waals surface area contributed by atoms with Gasteiger partial charge in [-0.1, -0.05) is 33.8 Å². The van der Waals surface area contributed by atoms with Crippen molar-refractivity contribution in [1.29, 1.82) is 0 Å². The van der Waals surface area contributed by atoms with Gasteiger partial charge in [0, 0.05) is 24.5 Å². The Labute approximate surface area is 205 Å². The van der Waals surface area contributed by atoms with Crippen LogP contribution < -0.4 is 5.32 Å². The van der Waals surface area contributed by atoms with Crippen molar-refractivity contribution in [2.45, 2.75) is 80.2 Å². The molecule has 0 saturated carbocycles. The second-order valence-electron chi connectivity index (χ2n) is 8.36. The van der Waals surface area contributed by atoms with Gasteiger partial charge in [-0.05, 0) is 48.7 Å². The third kappa shape index (κ3) is 5.14. The Hall–Kier alpha value is 0.530. The van der Waals surface area contributed by atoms with Crippen molar-refractivity contribution in [3.05, 3.63) is 11.8 Å². The summed E-state index contributed by atoms with van der Waals surface area (Å²) >= 11 is 7.84. The molecule has 0 radical (unpaired) electrons. The maximum atomic E-state index is 14.0. The molecule has 1 unspecified atom stereocenters. The summed E-state index contributed by atoms with van der Waals surface area (Å²) in [6.45, 7) is 10.3. The average Bonchev–Trinajstić information content (AvgIpc) is 3.23. The fourth-order valence-electron chi connectivity index (χ4n) is 4.53. The lowest BCUT2D eigenvalue weighted by molar-refractivity contribution is -0.171. The first kappa shape index (κ1) is 26.1. The zero-order valence-electron chi connectivity index (χ0n) is 19.5. The Morgan fingerprint density at radius 2 is 1.42 bits per heavy atom. The lowest BCUT2D eigenvalue weighted by atomic mass is 9.81. The van der Waals surface area contributed by atoms with Crippen LogP contribution in [0, 0.1) is 5.92 Å². The summed E-state index contributed by atoms with van der Waals surface area (Å²) in [5.41, 5.74) is 1.10. The maximum absolute atomic E-state index is 14.0. The van der Waals surface area contributed by atoms with Gasteiger partial charge in [0.25, 0.3) is 5.91 Å². The van der Waals surface area contributed by atoms with Crippen LogP contribution in [0.4, 0.5) is 0 Å². The lowest BCUT2D eigenvalue weighted by Crippen LogP contribution is -2.66. The quantitative estimate of drug-likeness (QED) is 0.321. The number of ether oxygens (including phenoxy) is 2. The molecule has 3 rings (SSSR count). The van der Waals surface area contributed by atoms with Gasteiger partial charge in [-0.3, -0.25) is 4.79 Å². The topological polar surface area (TPSA) is 47.6 Å². The van der Waals surface area contributed by atoms with Gasteiger partial charge in [0.05, 0.1) is 13.2 Å². The van der Waals surface area contributed by atoms with Crippen LogP contribution in [0.25, 0.3) is 0 Å². The van der Waals surface area contributed by atoms with E-state index in [1.54, 1.807) is 0 Å². The fraction of sp³-hybridized carbons (Fsp3) is 0.870. The molecule has 2 saturated heterocycles. The first-order valence-electron chi connectivity index (χ1n) is 11.9. The summed E-state index contributed by atoms with van der Waals surface area (Å²) in [6.07, 6.45) is 8.11. The number of allylic oxidation sites excluding steroid dienone is 1. The number of fused-ring (bicyclic) bond motifs is 1.